The number of aryl methyl sites for hydroxylation is 1. The smallest absolute Gasteiger partial charge is 0.185 e. The predicted molar refractivity (Wildman–Crippen MR) is 93.5 cm³/mol. The van der Waals surface area contributed by atoms with E-state index in [1.54, 1.807) is 17.4 Å². The molecule has 1 aromatic carbocycles. The molecule has 0 atom stereocenters. The largest absolute Gasteiger partial charge is 0.346 e. The van der Waals surface area contributed by atoms with E-state index in [4.69, 9.17) is 5.26 Å². The van der Waals surface area contributed by atoms with Gasteiger partial charge in [0, 0.05) is 42.8 Å². The number of aromatic nitrogens is 1. The van der Waals surface area contributed by atoms with Crippen molar-refractivity contribution >= 4 is 16.5 Å². The van der Waals surface area contributed by atoms with E-state index in [1.807, 2.05) is 24.4 Å². The summed E-state index contributed by atoms with van der Waals surface area (Å²) in [6, 6.07) is 9.66. The summed E-state index contributed by atoms with van der Waals surface area (Å²) in [5, 5.41) is 10.2. The van der Waals surface area contributed by atoms with Crippen LogP contribution in [0.5, 0.6) is 0 Å². The van der Waals surface area contributed by atoms with E-state index >= 15 is 0 Å². The molecule has 0 saturated carbocycles. The number of rotatable bonds is 2. The van der Waals surface area contributed by atoms with Crippen LogP contribution in [0.15, 0.2) is 30.5 Å². The molecule has 1 aliphatic rings. The Kier molecular flexibility index (Phi) is 4.92. The molecular formula is C18H18N4S. The monoisotopic (exact) mass is 322 g/mol. The summed E-state index contributed by atoms with van der Waals surface area (Å²) in [5.41, 5.74) is 1.45. The maximum absolute atomic E-state index is 9.07. The normalized spacial score (nSPS) is 14.9. The lowest BCUT2D eigenvalue weighted by atomic mass is 10.1. The molecule has 116 valence electrons. The quantitative estimate of drug-likeness (QED) is 0.797. The highest BCUT2D eigenvalue weighted by molar-refractivity contribution is 7.15. The fourth-order valence-corrected chi connectivity index (χ4v) is 3.33. The van der Waals surface area contributed by atoms with Crippen molar-refractivity contribution in [2.75, 3.05) is 37.6 Å². The number of benzene rings is 1. The minimum Gasteiger partial charge on any atom is -0.346 e. The Hall–Kier alpha value is -2.34. The van der Waals surface area contributed by atoms with E-state index in [0.29, 0.717) is 5.56 Å². The summed E-state index contributed by atoms with van der Waals surface area (Å²) in [6.07, 6.45) is 1.94. The molecule has 5 heteroatoms. The SMILES string of the molecule is Cc1cnc(N2CCN(CC#Cc3ccccc3C#N)CC2)s1. The summed E-state index contributed by atoms with van der Waals surface area (Å²) in [6.45, 7) is 6.80. The van der Waals surface area contributed by atoms with Crippen molar-refractivity contribution in [1.82, 2.24) is 9.88 Å². The Bertz CT molecular complexity index is 770. The molecule has 1 saturated heterocycles. The molecule has 2 heterocycles. The van der Waals surface area contributed by atoms with E-state index in [-0.39, 0.29) is 0 Å². The van der Waals surface area contributed by atoms with Crippen LogP contribution in [0.3, 0.4) is 0 Å². The molecule has 23 heavy (non-hydrogen) atoms. The maximum Gasteiger partial charge on any atom is 0.185 e. The van der Waals surface area contributed by atoms with Crippen molar-refractivity contribution in [2.45, 2.75) is 6.92 Å². The van der Waals surface area contributed by atoms with Crippen LogP contribution in [-0.2, 0) is 0 Å². The highest BCUT2D eigenvalue weighted by Gasteiger charge is 2.18. The zero-order valence-corrected chi connectivity index (χ0v) is 13.9. The number of piperazine rings is 1. The third kappa shape index (κ3) is 3.90. The summed E-state index contributed by atoms with van der Waals surface area (Å²) in [5.74, 6) is 6.32. The minimum absolute atomic E-state index is 0.643. The average Bonchev–Trinajstić information content (AvgIpc) is 3.02. The van der Waals surface area contributed by atoms with E-state index in [0.717, 1.165) is 43.4 Å². The number of hydrogen-bond acceptors (Lipinski definition) is 5. The lowest BCUT2D eigenvalue weighted by Crippen LogP contribution is -2.46. The maximum atomic E-state index is 9.07. The van der Waals surface area contributed by atoms with Gasteiger partial charge in [-0.05, 0) is 19.1 Å². The first-order valence-electron chi connectivity index (χ1n) is 7.64. The van der Waals surface area contributed by atoms with E-state index in [1.165, 1.54) is 4.88 Å². The van der Waals surface area contributed by atoms with Crippen LogP contribution in [0.25, 0.3) is 0 Å². The molecule has 1 aliphatic heterocycles. The molecule has 0 spiro atoms. The standard InChI is InChI=1S/C18H18N4S/c1-15-14-20-18(23-15)22-11-9-21(10-12-22)8-4-7-16-5-2-3-6-17(16)13-19/h2-3,5-6,14H,8-12H2,1H3. The molecule has 1 aromatic heterocycles. The summed E-state index contributed by atoms with van der Waals surface area (Å²) in [4.78, 5) is 10.4. The van der Waals surface area contributed by atoms with Crippen molar-refractivity contribution in [1.29, 1.82) is 5.26 Å². The first kappa shape index (κ1) is 15.6. The van der Waals surface area contributed by atoms with Crippen LogP contribution in [0, 0.1) is 30.1 Å². The number of nitrogens with zero attached hydrogens (tertiary/aromatic N) is 4. The zero-order valence-electron chi connectivity index (χ0n) is 13.1. The van der Waals surface area contributed by atoms with Crippen molar-refractivity contribution in [2.24, 2.45) is 0 Å². The first-order valence-corrected chi connectivity index (χ1v) is 8.45. The van der Waals surface area contributed by atoms with E-state index in [9.17, 15) is 0 Å². The zero-order chi connectivity index (χ0) is 16.1. The highest BCUT2D eigenvalue weighted by Crippen LogP contribution is 2.22. The molecule has 2 aromatic rings. The van der Waals surface area contributed by atoms with Crippen molar-refractivity contribution in [3.8, 4) is 17.9 Å². The second-order valence-corrected chi connectivity index (χ2v) is 6.69. The van der Waals surface area contributed by atoms with Crippen LogP contribution in [0.2, 0.25) is 0 Å². The van der Waals surface area contributed by atoms with Gasteiger partial charge in [-0.3, -0.25) is 4.90 Å². The number of anilines is 1. The van der Waals surface area contributed by atoms with Crippen molar-refractivity contribution < 1.29 is 0 Å². The Labute approximate surface area is 141 Å². The number of nitriles is 1. The molecule has 3 rings (SSSR count). The summed E-state index contributed by atoms with van der Waals surface area (Å²) in [7, 11) is 0. The molecule has 4 nitrogen and oxygen atoms in total. The average molecular weight is 322 g/mol. The fourth-order valence-electron chi connectivity index (χ4n) is 2.52. The molecule has 0 amide bonds. The topological polar surface area (TPSA) is 43.2 Å². The van der Waals surface area contributed by atoms with Crippen LogP contribution in [0.1, 0.15) is 16.0 Å². The second-order valence-electron chi connectivity index (χ2n) is 5.48. The second kappa shape index (κ2) is 7.28. The van der Waals surface area contributed by atoms with Gasteiger partial charge in [0.15, 0.2) is 5.13 Å². The Morgan fingerprint density at radius 3 is 2.57 bits per heavy atom. The Balaban J connectivity index is 1.54. The molecule has 1 fully saturated rings. The molecule has 0 N–H and O–H groups in total. The first-order chi connectivity index (χ1) is 11.3. The third-order valence-electron chi connectivity index (χ3n) is 3.83. The molecule has 0 aliphatic carbocycles. The Morgan fingerprint density at radius 1 is 1.17 bits per heavy atom. The van der Waals surface area contributed by atoms with Gasteiger partial charge in [-0.25, -0.2) is 4.98 Å². The highest BCUT2D eigenvalue weighted by atomic mass is 32.1. The fraction of sp³-hybridized carbons (Fsp3) is 0.333. The minimum atomic E-state index is 0.643. The Morgan fingerprint density at radius 2 is 1.91 bits per heavy atom. The van der Waals surface area contributed by atoms with Crippen LogP contribution >= 0.6 is 11.3 Å². The lowest BCUT2D eigenvalue weighted by Gasteiger charge is -2.33. The van der Waals surface area contributed by atoms with Gasteiger partial charge < -0.3 is 4.90 Å². The van der Waals surface area contributed by atoms with Crippen molar-refractivity contribution in [3.63, 3.8) is 0 Å². The van der Waals surface area contributed by atoms with E-state index in [2.05, 4.69) is 39.6 Å². The lowest BCUT2D eigenvalue weighted by molar-refractivity contribution is 0.288. The van der Waals surface area contributed by atoms with Gasteiger partial charge in [-0.1, -0.05) is 24.0 Å². The third-order valence-corrected chi connectivity index (χ3v) is 4.80. The van der Waals surface area contributed by atoms with Gasteiger partial charge in [-0.2, -0.15) is 5.26 Å². The van der Waals surface area contributed by atoms with Crippen LogP contribution in [-0.4, -0.2) is 42.6 Å². The van der Waals surface area contributed by atoms with Gasteiger partial charge in [-0.15, -0.1) is 11.3 Å². The molecule has 0 radical (unpaired) electrons. The summed E-state index contributed by atoms with van der Waals surface area (Å²) >= 11 is 1.75. The van der Waals surface area contributed by atoms with Gasteiger partial charge in [0.25, 0.3) is 0 Å². The molecule has 0 unspecified atom stereocenters. The molecule has 0 bridgehead atoms. The van der Waals surface area contributed by atoms with Gasteiger partial charge >= 0.3 is 0 Å². The van der Waals surface area contributed by atoms with Gasteiger partial charge in [0.05, 0.1) is 12.1 Å². The van der Waals surface area contributed by atoms with E-state index < -0.39 is 0 Å². The molecular weight excluding hydrogens is 304 g/mol. The van der Waals surface area contributed by atoms with Crippen LogP contribution in [0.4, 0.5) is 5.13 Å². The summed E-state index contributed by atoms with van der Waals surface area (Å²) < 4.78 is 0. The van der Waals surface area contributed by atoms with Crippen molar-refractivity contribution in [3.05, 3.63) is 46.5 Å². The van der Waals surface area contributed by atoms with Crippen LogP contribution < -0.4 is 4.90 Å². The van der Waals surface area contributed by atoms with Gasteiger partial charge in [0.1, 0.15) is 6.07 Å². The number of thiazole rings is 1. The predicted octanol–water partition coefficient (Wildman–Crippen LogP) is 2.50. The number of hydrogen-bond donors (Lipinski definition) is 0. The van der Waals surface area contributed by atoms with Gasteiger partial charge in [0.2, 0.25) is 0 Å².